The van der Waals surface area contributed by atoms with E-state index in [4.69, 9.17) is 9.47 Å². The van der Waals surface area contributed by atoms with Crippen LogP contribution in [0.4, 0.5) is 0 Å². The summed E-state index contributed by atoms with van der Waals surface area (Å²) in [5.41, 5.74) is -0.924. The fraction of sp³-hybridized carbons (Fsp3) is 0.429. The summed E-state index contributed by atoms with van der Waals surface area (Å²) in [6, 6.07) is 8.50. The van der Waals surface area contributed by atoms with Crippen molar-refractivity contribution in [3.63, 3.8) is 0 Å². The molecule has 0 spiro atoms. The Morgan fingerprint density at radius 1 is 1.24 bits per heavy atom. The van der Waals surface area contributed by atoms with E-state index in [-0.39, 0.29) is 25.3 Å². The Kier molecular flexibility index (Phi) is 4.99. The molecule has 2 rings (SSSR count). The van der Waals surface area contributed by atoms with Gasteiger partial charge in [0.1, 0.15) is 6.54 Å². The van der Waals surface area contributed by atoms with Crippen LogP contribution in [0.25, 0.3) is 0 Å². The highest BCUT2D eigenvalue weighted by molar-refractivity contribution is 5.95. The zero-order valence-electron chi connectivity index (χ0n) is 11.4. The molecule has 0 aliphatic carbocycles. The summed E-state index contributed by atoms with van der Waals surface area (Å²) < 4.78 is 10.2. The quantitative estimate of drug-likeness (QED) is 0.650. The highest BCUT2D eigenvalue weighted by atomic mass is 16.6. The van der Waals surface area contributed by atoms with Crippen LogP contribution in [0.2, 0.25) is 0 Å². The van der Waals surface area contributed by atoms with E-state index in [9.17, 15) is 14.5 Å². The maximum absolute atomic E-state index is 11.8. The van der Waals surface area contributed by atoms with E-state index in [2.05, 4.69) is 10.5 Å². The maximum Gasteiger partial charge on any atom is 0.327 e. The molecule has 21 heavy (non-hydrogen) atoms. The monoisotopic (exact) mass is 292 g/mol. The van der Waals surface area contributed by atoms with Gasteiger partial charge >= 0.3 is 5.97 Å². The number of ether oxygens (including phenoxy) is 2. The zero-order valence-corrected chi connectivity index (χ0v) is 11.4. The molecular formula is C14H16N2O5. The van der Waals surface area contributed by atoms with Crippen LogP contribution in [0.5, 0.6) is 0 Å². The Bertz CT molecular complexity index is 511. The number of hydrogen-bond acceptors (Lipinski definition) is 6. The topological polar surface area (TPSA) is 94.1 Å². The SMILES string of the molecule is O=NC1(OC(=O)CNC(=O)c2ccccc2)CCOCC1. The third-order valence-electron chi connectivity index (χ3n) is 3.17. The van der Waals surface area contributed by atoms with Gasteiger partial charge in [0, 0.05) is 18.4 Å². The third kappa shape index (κ3) is 4.09. The van der Waals surface area contributed by atoms with Crippen LogP contribution in [0.15, 0.2) is 35.5 Å². The number of benzene rings is 1. The number of nitrogens with one attached hydrogen (secondary N) is 1. The molecule has 1 heterocycles. The predicted octanol–water partition coefficient (Wildman–Crippen LogP) is 1.23. The van der Waals surface area contributed by atoms with Crippen molar-refractivity contribution in [2.24, 2.45) is 5.18 Å². The Balaban J connectivity index is 1.84. The molecule has 7 heteroatoms. The van der Waals surface area contributed by atoms with Gasteiger partial charge in [-0.2, -0.15) is 0 Å². The minimum atomic E-state index is -1.37. The molecule has 0 radical (unpaired) electrons. The molecule has 0 atom stereocenters. The van der Waals surface area contributed by atoms with Gasteiger partial charge in [-0.15, -0.1) is 4.91 Å². The second-order valence-corrected chi connectivity index (χ2v) is 4.67. The average Bonchev–Trinajstić information content (AvgIpc) is 2.54. The van der Waals surface area contributed by atoms with Crippen molar-refractivity contribution in [2.75, 3.05) is 19.8 Å². The molecule has 1 saturated heterocycles. The van der Waals surface area contributed by atoms with Gasteiger partial charge in [-0.25, -0.2) is 0 Å². The molecule has 1 fully saturated rings. The van der Waals surface area contributed by atoms with Crippen molar-refractivity contribution in [1.82, 2.24) is 5.32 Å². The number of hydrogen-bond donors (Lipinski definition) is 1. The summed E-state index contributed by atoms with van der Waals surface area (Å²) in [5, 5.41) is 5.36. The molecule has 1 aliphatic rings. The largest absolute Gasteiger partial charge is 0.432 e. The van der Waals surface area contributed by atoms with Crippen LogP contribution in [-0.2, 0) is 14.3 Å². The lowest BCUT2D eigenvalue weighted by Gasteiger charge is -2.29. The lowest BCUT2D eigenvalue weighted by atomic mass is 10.1. The summed E-state index contributed by atoms with van der Waals surface area (Å²) in [6.07, 6.45) is 0.462. The van der Waals surface area contributed by atoms with Crippen LogP contribution < -0.4 is 5.32 Å². The molecule has 7 nitrogen and oxygen atoms in total. The first kappa shape index (κ1) is 15.1. The van der Waals surface area contributed by atoms with Gasteiger partial charge in [-0.05, 0) is 17.3 Å². The predicted molar refractivity (Wildman–Crippen MR) is 73.4 cm³/mol. The Morgan fingerprint density at radius 2 is 1.90 bits per heavy atom. The molecule has 1 aromatic rings. The van der Waals surface area contributed by atoms with E-state index >= 15 is 0 Å². The molecular weight excluding hydrogens is 276 g/mol. The molecule has 0 unspecified atom stereocenters. The van der Waals surface area contributed by atoms with Crippen LogP contribution in [0, 0.1) is 4.91 Å². The standard InChI is InChI=1S/C14H16N2O5/c17-12(21-14(16-19)6-8-20-9-7-14)10-15-13(18)11-4-2-1-3-5-11/h1-5H,6-10H2,(H,15,18). The van der Waals surface area contributed by atoms with Crippen molar-refractivity contribution >= 4 is 11.9 Å². The number of amides is 1. The van der Waals surface area contributed by atoms with Gasteiger partial charge in [0.25, 0.3) is 5.91 Å². The summed E-state index contributed by atoms with van der Waals surface area (Å²) in [5.74, 6) is -1.08. The Morgan fingerprint density at radius 3 is 2.52 bits per heavy atom. The van der Waals surface area contributed by atoms with Crippen LogP contribution in [0.1, 0.15) is 23.2 Å². The maximum atomic E-state index is 11.8. The van der Waals surface area contributed by atoms with Gasteiger partial charge in [0.2, 0.25) is 5.72 Å². The molecule has 1 N–H and O–H groups in total. The first-order chi connectivity index (χ1) is 10.2. The van der Waals surface area contributed by atoms with Crippen LogP contribution in [-0.4, -0.2) is 37.4 Å². The first-order valence-corrected chi connectivity index (χ1v) is 6.62. The van der Waals surface area contributed by atoms with Crippen molar-refractivity contribution in [2.45, 2.75) is 18.6 Å². The lowest BCUT2D eigenvalue weighted by molar-refractivity contribution is -0.167. The smallest absolute Gasteiger partial charge is 0.327 e. The second-order valence-electron chi connectivity index (χ2n) is 4.67. The number of nitroso groups, excluding NO2 is 1. The van der Waals surface area contributed by atoms with E-state index in [1.54, 1.807) is 30.3 Å². The minimum Gasteiger partial charge on any atom is -0.432 e. The van der Waals surface area contributed by atoms with E-state index in [0.717, 1.165) is 0 Å². The van der Waals surface area contributed by atoms with Gasteiger partial charge in [-0.3, -0.25) is 9.59 Å². The van der Waals surface area contributed by atoms with Crippen molar-refractivity contribution < 1.29 is 19.1 Å². The summed E-state index contributed by atoms with van der Waals surface area (Å²) >= 11 is 0. The number of esters is 1. The summed E-state index contributed by atoms with van der Waals surface area (Å²) in [7, 11) is 0. The number of carbonyl (C=O) groups is 2. The highest BCUT2D eigenvalue weighted by Crippen LogP contribution is 2.26. The average molecular weight is 292 g/mol. The molecule has 0 aromatic heterocycles. The molecule has 1 amide bonds. The van der Waals surface area contributed by atoms with Crippen molar-refractivity contribution in [3.8, 4) is 0 Å². The van der Waals surface area contributed by atoms with E-state index < -0.39 is 11.7 Å². The van der Waals surface area contributed by atoms with E-state index in [0.29, 0.717) is 18.8 Å². The van der Waals surface area contributed by atoms with Gasteiger partial charge in [-0.1, -0.05) is 18.2 Å². The fourth-order valence-corrected chi connectivity index (χ4v) is 1.99. The molecule has 1 aliphatic heterocycles. The molecule has 0 saturated carbocycles. The zero-order chi connectivity index (χ0) is 15.1. The molecule has 1 aromatic carbocycles. The Labute approximate surface area is 121 Å². The third-order valence-corrected chi connectivity index (χ3v) is 3.17. The van der Waals surface area contributed by atoms with Crippen molar-refractivity contribution in [3.05, 3.63) is 40.8 Å². The van der Waals surface area contributed by atoms with Crippen molar-refractivity contribution in [1.29, 1.82) is 0 Å². The van der Waals surface area contributed by atoms with Crippen LogP contribution >= 0.6 is 0 Å². The highest BCUT2D eigenvalue weighted by Gasteiger charge is 2.38. The normalized spacial score (nSPS) is 16.8. The van der Waals surface area contributed by atoms with Crippen LogP contribution in [0.3, 0.4) is 0 Å². The summed E-state index contributed by atoms with van der Waals surface area (Å²) in [6.45, 7) is 0.316. The molecule has 112 valence electrons. The summed E-state index contributed by atoms with van der Waals surface area (Å²) in [4.78, 5) is 34.4. The fourth-order valence-electron chi connectivity index (χ4n) is 1.99. The van der Waals surface area contributed by atoms with E-state index in [1.165, 1.54) is 0 Å². The van der Waals surface area contributed by atoms with Gasteiger partial charge in [0.05, 0.1) is 13.2 Å². The Hall–Kier alpha value is -2.28. The van der Waals surface area contributed by atoms with Gasteiger partial charge < -0.3 is 14.8 Å². The number of rotatable bonds is 5. The minimum absolute atomic E-state index is 0.231. The van der Waals surface area contributed by atoms with E-state index in [1.807, 2.05) is 0 Å². The lowest BCUT2D eigenvalue weighted by Crippen LogP contribution is -2.41. The first-order valence-electron chi connectivity index (χ1n) is 6.62. The molecule has 0 bridgehead atoms. The number of nitrogens with zero attached hydrogens (tertiary/aromatic N) is 1. The second kappa shape index (κ2) is 6.94. The van der Waals surface area contributed by atoms with Gasteiger partial charge in [0.15, 0.2) is 0 Å². The number of carbonyl (C=O) groups excluding carboxylic acids is 2.